The van der Waals surface area contributed by atoms with E-state index >= 15 is 0 Å². The Hall–Kier alpha value is -2.34. The molecule has 2 aliphatic heterocycles. The van der Waals surface area contributed by atoms with E-state index in [4.69, 9.17) is 0 Å². The zero-order valence-corrected chi connectivity index (χ0v) is 14.7. The predicted molar refractivity (Wildman–Crippen MR) is 96.7 cm³/mol. The van der Waals surface area contributed by atoms with Crippen LogP contribution in [0, 0.1) is 6.92 Å². The topological polar surface area (TPSA) is 53.4 Å². The van der Waals surface area contributed by atoms with E-state index in [0.29, 0.717) is 6.04 Å². The maximum absolute atomic E-state index is 12.0. The van der Waals surface area contributed by atoms with Crippen molar-refractivity contribution in [3.63, 3.8) is 0 Å². The Labute approximate surface area is 148 Å². The summed E-state index contributed by atoms with van der Waals surface area (Å²) in [5.74, 6) is 0. The molecular weight excluding hydrogens is 314 g/mol. The number of urea groups is 1. The Balaban J connectivity index is 1.49. The van der Waals surface area contributed by atoms with Gasteiger partial charge in [-0.2, -0.15) is 5.10 Å². The molecule has 1 N–H and O–H groups in total. The maximum Gasteiger partial charge on any atom is 0.317 e. The summed E-state index contributed by atoms with van der Waals surface area (Å²) in [7, 11) is 0. The second-order valence-corrected chi connectivity index (χ2v) is 6.98. The second kappa shape index (κ2) is 6.88. The smallest absolute Gasteiger partial charge is 0.317 e. The molecule has 2 aliphatic rings. The first kappa shape index (κ1) is 16.1. The third-order valence-corrected chi connectivity index (χ3v) is 5.26. The van der Waals surface area contributed by atoms with E-state index < -0.39 is 0 Å². The van der Waals surface area contributed by atoms with Crippen LogP contribution in [0.4, 0.5) is 4.79 Å². The van der Waals surface area contributed by atoms with Crippen molar-refractivity contribution in [3.05, 3.63) is 47.8 Å². The minimum atomic E-state index is 0.0943. The number of para-hydroxylation sites is 1. The molecule has 2 saturated heterocycles. The summed E-state index contributed by atoms with van der Waals surface area (Å²) in [6.07, 6.45) is 4.10. The SMILES string of the molecule is Cc1ccccc1-n1nccc1CN1CCCC(N2CCNC2=O)C1. The second-order valence-electron chi connectivity index (χ2n) is 6.98. The van der Waals surface area contributed by atoms with E-state index in [1.807, 2.05) is 15.8 Å². The van der Waals surface area contributed by atoms with Crippen LogP contribution in [0.25, 0.3) is 5.69 Å². The summed E-state index contributed by atoms with van der Waals surface area (Å²) in [5.41, 5.74) is 3.55. The molecule has 1 aromatic carbocycles. The van der Waals surface area contributed by atoms with Gasteiger partial charge in [0.15, 0.2) is 0 Å². The van der Waals surface area contributed by atoms with Crippen LogP contribution in [0.1, 0.15) is 24.1 Å². The molecule has 2 aromatic rings. The first-order chi connectivity index (χ1) is 12.2. The molecule has 0 radical (unpaired) electrons. The van der Waals surface area contributed by atoms with Crippen LogP contribution in [0.15, 0.2) is 36.5 Å². The quantitative estimate of drug-likeness (QED) is 0.929. The lowest BCUT2D eigenvalue weighted by molar-refractivity contribution is 0.120. The molecule has 25 heavy (non-hydrogen) atoms. The van der Waals surface area contributed by atoms with E-state index in [2.05, 4.69) is 52.6 Å². The molecule has 3 heterocycles. The number of carbonyl (C=O) groups excluding carboxylic acids is 1. The van der Waals surface area contributed by atoms with Crippen LogP contribution in [0.2, 0.25) is 0 Å². The van der Waals surface area contributed by atoms with E-state index in [1.54, 1.807) is 0 Å². The number of amides is 2. The van der Waals surface area contributed by atoms with Gasteiger partial charge in [-0.15, -0.1) is 0 Å². The molecule has 2 amide bonds. The van der Waals surface area contributed by atoms with Gasteiger partial charge in [0.25, 0.3) is 0 Å². The first-order valence-corrected chi connectivity index (χ1v) is 9.08. The van der Waals surface area contributed by atoms with Crippen molar-refractivity contribution in [1.29, 1.82) is 0 Å². The predicted octanol–water partition coefficient (Wildman–Crippen LogP) is 2.17. The van der Waals surface area contributed by atoms with Crippen molar-refractivity contribution >= 4 is 6.03 Å². The lowest BCUT2D eigenvalue weighted by Crippen LogP contribution is -2.48. The molecule has 0 saturated carbocycles. The number of hydrogen-bond acceptors (Lipinski definition) is 3. The molecule has 1 aromatic heterocycles. The standard InChI is InChI=1S/C19H25N5O/c1-15-5-2-3-7-18(15)24-17(8-9-21-24)14-22-11-4-6-16(13-22)23-12-10-20-19(23)25/h2-3,5,7-9,16H,4,6,10-14H2,1H3,(H,20,25). The van der Waals surface area contributed by atoms with Gasteiger partial charge in [-0.3, -0.25) is 4.90 Å². The van der Waals surface area contributed by atoms with Gasteiger partial charge in [0.1, 0.15) is 0 Å². The van der Waals surface area contributed by atoms with Gasteiger partial charge in [-0.05, 0) is 44.0 Å². The van der Waals surface area contributed by atoms with Gasteiger partial charge in [-0.1, -0.05) is 18.2 Å². The normalized spacial score (nSPS) is 21.6. The fraction of sp³-hybridized carbons (Fsp3) is 0.474. The van der Waals surface area contributed by atoms with Crippen LogP contribution >= 0.6 is 0 Å². The third-order valence-electron chi connectivity index (χ3n) is 5.26. The fourth-order valence-corrected chi connectivity index (χ4v) is 3.96. The molecule has 1 atom stereocenters. The Kier molecular flexibility index (Phi) is 4.44. The Morgan fingerprint density at radius 1 is 1.24 bits per heavy atom. The van der Waals surface area contributed by atoms with Crippen LogP contribution in [0.3, 0.4) is 0 Å². The monoisotopic (exact) mass is 339 g/mol. The molecule has 1 unspecified atom stereocenters. The summed E-state index contributed by atoms with van der Waals surface area (Å²) in [6.45, 7) is 6.59. The Bertz CT molecular complexity index is 756. The van der Waals surface area contributed by atoms with Crippen molar-refractivity contribution in [2.45, 2.75) is 32.4 Å². The number of benzene rings is 1. The summed E-state index contributed by atoms with van der Waals surface area (Å²) >= 11 is 0. The summed E-state index contributed by atoms with van der Waals surface area (Å²) in [5, 5.41) is 7.46. The van der Waals surface area contributed by atoms with Gasteiger partial charge in [0.05, 0.1) is 11.4 Å². The molecule has 0 aliphatic carbocycles. The number of hydrogen-bond donors (Lipinski definition) is 1. The van der Waals surface area contributed by atoms with E-state index in [1.165, 1.54) is 11.3 Å². The number of piperidine rings is 1. The summed E-state index contributed by atoms with van der Waals surface area (Å²) < 4.78 is 2.04. The highest BCUT2D eigenvalue weighted by Crippen LogP contribution is 2.21. The Morgan fingerprint density at radius 2 is 2.12 bits per heavy atom. The number of aryl methyl sites for hydroxylation is 1. The van der Waals surface area contributed by atoms with Gasteiger partial charge in [-0.25, -0.2) is 9.48 Å². The van der Waals surface area contributed by atoms with Crippen LogP contribution < -0.4 is 5.32 Å². The zero-order chi connectivity index (χ0) is 17.2. The number of likely N-dealkylation sites (tertiary alicyclic amines) is 1. The van der Waals surface area contributed by atoms with Gasteiger partial charge < -0.3 is 10.2 Å². The van der Waals surface area contributed by atoms with Gasteiger partial charge >= 0.3 is 6.03 Å². The van der Waals surface area contributed by atoms with Crippen molar-refractivity contribution in [1.82, 2.24) is 24.9 Å². The highest BCUT2D eigenvalue weighted by molar-refractivity contribution is 5.76. The maximum atomic E-state index is 12.0. The average molecular weight is 339 g/mol. The van der Waals surface area contributed by atoms with Crippen molar-refractivity contribution in [2.75, 3.05) is 26.2 Å². The van der Waals surface area contributed by atoms with E-state index in [9.17, 15) is 4.79 Å². The molecular formula is C19H25N5O. The summed E-state index contributed by atoms with van der Waals surface area (Å²) in [6, 6.07) is 10.8. The fourth-order valence-electron chi connectivity index (χ4n) is 3.96. The molecule has 6 nitrogen and oxygen atoms in total. The molecule has 0 bridgehead atoms. The molecule has 6 heteroatoms. The zero-order valence-electron chi connectivity index (χ0n) is 14.7. The minimum absolute atomic E-state index is 0.0943. The van der Waals surface area contributed by atoms with Crippen molar-refractivity contribution < 1.29 is 4.79 Å². The van der Waals surface area contributed by atoms with E-state index in [-0.39, 0.29) is 6.03 Å². The molecule has 132 valence electrons. The van der Waals surface area contributed by atoms with Crippen LogP contribution in [0.5, 0.6) is 0 Å². The van der Waals surface area contributed by atoms with Crippen LogP contribution in [-0.4, -0.2) is 57.8 Å². The third kappa shape index (κ3) is 3.26. The largest absolute Gasteiger partial charge is 0.336 e. The number of aromatic nitrogens is 2. The number of carbonyl (C=O) groups is 1. The number of nitrogens with one attached hydrogen (secondary N) is 1. The molecule has 4 rings (SSSR count). The average Bonchev–Trinajstić information content (AvgIpc) is 3.25. The first-order valence-electron chi connectivity index (χ1n) is 9.08. The lowest BCUT2D eigenvalue weighted by atomic mass is 10.0. The number of rotatable bonds is 4. The highest BCUT2D eigenvalue weighted by Gasteiger charge is 2.31. The number of nitrogens with zero attached hydrogens (tertiary/aromatic N) is 4. The molecule has 2 fully saturated rings. The van der Waals surface area contributed by atoms with Crippen LogP contribution in [-0.2, 0) is 6.54 Å². The van der Waals surface area contributed by atoms with Gasteiger partial charge in [0, 0.05) is 38.4 Å². The van der Waals surface area contributed by atoms with Gasteiger partial charge in [0.2, 0.25) is 0 Å². The lowest BCUT2D eigenvalue weighted by Gasteiger charge is -2.37. The minimum Gasteiger partial charge on any atom is -0.336 e. The Morgan fingerprint density at radius 3 is 2.92 bits per heavy atom. The highest BCUT2D eigenvalue weighted by atomic mass is 16.2. The molecule has 0 spiro atoms. The van der Waals surface area contributed by atoms with Crippen molar-refractivity contribution in [2.24, 2.45) is 0 Å². The van der Waals surface area contributed by atoms with E-state index in [0.717, 1.165) is 51.3 Å². The van der Waals surface area contributed by atoms with Crippen molar-refractivity contribution in [3.8, 4) is 5.69 Å². The summed E-state index contributed by atoms with van der Waals surface area (Å²) in [4.78, 5) is 16.4.